The Balaban J connectivity index is 1.63. The van der Waals surface area contributed by atoms with E-state index in [1.165, 1.54) is 44.7 Å². The molecule has 0 amide bonds. The zero-order valence-electron chi connectivity index (χ0n) is 20.6. The van der Waals surface area contributed by atoms with Crippen molar-refractivity contribution < 1.29 is 0 Å². The molecule has 0 aromatic heterocycles. The molecule has 0 unspecified atom stereocenters. The molecule has 0 saturated carbocycles. The lowest BCUT2D eigenvalue weighted by atomic mass is 9.87. The highest BCUT2D eigenvalue weighted by molar-refractivity contribution is 6.32. The molecule has 0 radical (unpaired) electrons. The van der Waals surface area contributed by atoms with Crippen LogP contribution in [-0.4, -0.2) is 15.7 Å². The highest BCUT2D eigenvalue weighted by Crippen LogP contribution is 2.35. The Morgan fingerprint density at radius 2 is 1.21 bits per heavy atom. The maximum atomic E-state index is 2.41. The van der Waals surface area contributed by atoms with Crippen molar-refractivity contribution in [1.29, 1.82) is 0 Å². The lowest BCUT2D eigenvalue weighted by Crippen LogP contribution is -2.19. The summed E-state index contributed by atoms with van der Waals surface area (Å²) < 4.78 is 0. The van der Waals surface area contributed by atoms with E-state index in [1.54, 1.807) is 0 Å². The molecule has 3 aromatic carbocycles. The number of hydrogen-bond donors (Lipinski definition) is 0. The Morgan fingerprint density at radius 3 is 1.73 bits per heavy atom. The number of allylic oxidation sites excluding steroid dienone is 5. The summed E-state index contributed by atoms with van der Waals surface area (Å²) in [7, 11) is 4.27. The normalized spacial score (nSPS) is 14.2. The molecule has 4 rings (SSSR count). The van der Waals surface area contributed by atoms with Gasteiger partial charge in [0.2, 0.25) is 0 Å². The van der Waals surface area contributed by atoms with Crippen LogP contribution in [0.1, 0.15) is 44.7 Å². The Labute approximate surface area is 201 Å². The van der Waals surface area contributed by atoms with Crippen LogP contribution in [-0.2, 0) is 5.41 Å². The molecule has 33 heavy (non-hydrogen) atoms. The predicted molar refractivity (Wildman–Crippen MR) is 151 cm³/mol. The van der Waals surface area contributed by atoms with Gasteiger partial charge in [0, 0.05) is 17.1 Å². The number of hydrogen-bond acceptors (Lipinski definition) is 1. The summed E-state index contributed by atoms with van der Waals surface area (Å²) >= 11 is 0. The van der Waals surface area contributed by atoms with Crippen molar-refractivity contribution >= 4 is 44.1 Å². The number of benzene rings is 3. The molecule has 0 heterocycles. The van der Waals surface area contributed by atoms with Crippen LogP contribution in [0.2, 0.25) is 0 Å². The second-order valence-electron chi connectivity index (χ2n) is 10.1. The summed E-state index contributed by atoms with van der Waals surface area (Å²) in [5.41, 5.74) is 10.5. The number of anilines is 2. The quantitative estimate of drug-likeness (QED) is 0.519. The van der Waals surface area contributed by atoms with Gasteiger partial charge in [0.25, 0.3) is 0 Å². The fourth-order valence-corrected chi connectivity index (χ4v) is 4.13. The first-order valence-corrected chi connectivity index (χ1v) is 11.9. The molecule has 0 aliphatic heterocycles. The van der Waals surface area contributed by atoms with Gasteiger partial charge in [-0.1, -0.05) is 98.5 Å². The maximum absolute atomic E-state index is 2.41. The van der Waals surface area contributed by atoms with Gasteiger partial charge in [0.15, 0.2) is 0 Å². The Morgan fingerprint density at radius 1 is 0.667 bits per heavy atom. The fraction of sp³-hybridized carbons (Fsp3) is 0.200. The number of rotatable bonds is 5. The zero-order valence-corrected chi connectivity index (χ0v) is 20.6. The minimum absolute atomic E-state index is 0.152. The average Bonchev–Trinajstić information content (AvgIpc) is 2.81. The van der Waals surface area contributed by atoms with Crippen LogP contribution < -0.4 is 15.8 Å². The van der Waals surface area contributed by atoms with Gasteiger partial charge in [-0.15, -0.1) is 0 Å². The second-order valence-corrected chi connectivity index (χ2v) is 10.1. The van der Waals surface area contributed by atoms with E-state index in [0.29, 0.717) is 0 Å². The molecule has 1 aliphatic carbocycles. The van der Waals surface area contributed by atoms with Gasteiger partial charge in [-0.05, 0) is 65.3 Å². The van der Waals surface area contributed by atoms with Crippen molar-refractivity contribution in [1.82, 2.24) is 0 Å². The van der Waals surface area contributed by atoms with Gasteiger partial charge in [-0.2, -0.15) is 0 Å². The number of nitrogens with zero attached hydrogens (tertiary/aromatic N) is 1. The van der Waals surface area contributed by atoms with Gasteiger partial charge in [0.05, 0.1) is 0 Å². The standard InChI is InChI=1S/C30H33B2N/c1-30(2,3)24-10-18-28(19-11-24)33(29-20-14-26(32)15-21-29)27-16-8-23(9-17-27)5-4-22-6-12-25(31)13-7-22/h4-8,10-16,18-21H,9,17,31-32H2,1-3H3/b5-4+. The van der Waals surface area contributed by atoms with Crippen molar-refractivity contribution in [2.75, 3.05) is 4.90 Å². The molecular formula is C30H33B2N. The minimum atomic E-state index is 0.152. The lowest BCUT2D eigenvalue weighted by molar-refractivity contribution is 0.590. The molecular weight excluding hydrogens is 396 g/mol. The highest BCUT2D eigenvalue weighted by atomic mass is 15.1. The monoisotopic (exact) mass is 429 g/mol. The molecule has 0 saturated heterocycles. The van der Waals surface area contributed by atoms with Gasteiger partial charge >= 0.3 is 0 Å². The molecule has 1 nitrogen and oxygen atoms in total. The Hall–Kier alpha value is -3.19. The summed E-state index contributed by atoms with van der Waals surface area (Å²) in [4.78, 5) is 2.41. The van der Waals surface area contributed by atoms with Crippen molar-refractivity contribution in [2.45, 2.75) is 39.0 Å². The molecule has 0 spiro atoms. The minimum Gasteiger partial charge on any atom is -0.314 e. The highest BCUT2D eigenvalue weighted by Gasteiger charge is 2.18. The van der Waals surface area contributed by atoms with E-state index in [0.717, 1.165) is 12.8 Å². The summed E-state index contributed by atoms with van der Waals surface area (Å²) in [6, 6.07) is 26.6. The van der Waals surface area contributed by atoms with Crippen molar-refractivity contribution in [2.24, 2.45) is 0 Å². The Kier molecular flexibility index (Phi) is 6.79. The molecule has 0 bridgehead atoms. The smallest absolute Gasteiger partial charge is 0.139 e. The SMILES string of the molecule is Bc1ccc(/C=C/C2=CC=C(N(c3ccc(B)cc3)c3ccc(C(C)(C)C)cc3)CC2)cc1. The first kappa shape index (κ1) is 23.0. The molecule has 164 valence electrons. The average molecular weight is 429 g/mol. The topological polar surface area (TPSA) is 3.24 Å². The third kappa shape index (κ3) is 5.79. The van der Waals surface area contributed by atoms with E-state index in [1.807, 2.05) is 0 Å². The molecule has 0 N–H and O–H groups in total. The van der Waals surface area contributed by atoms with Gasteiger partial charge in [-0.3, -0.25) is 0 Å². The molecule has 1 aliphatic rings. The van der Waals surface area contributed by atoms with Gasteiger partial charge in [-0.25, -0.2) is 0 Å². The fourth-order valence-electron chi connectivity index (χ4n) is 4.13. The van der Waals surface area contributed by atoms with Crippen LogP contribution >= 0.6 is 0 Å². The van der Waals surface area contributed by atoms with Crippen LogP contribution in [0, 0.1) is 0 Å². The van der Waals surface area contributed by atoms with Crippen LogP contribution in [0.5, 0.6) is 0 Å². The van der Waals surface area contributed by atoms with Crippen molar-refractivity contribution in [3.05, 3.63) is 113 Å². The summed E-state index contributed by atoms with van der Waals surface area (Å²) in [6.45, 7) is 6.79. The molecule has 0 atom stereocenters. The van der Waals surface area contributed by atoms with E-state index in [2.05, 4.69) is 138 Å². The molecule has 0 fully saturated rings. The van der Waals surface area contributed by atoms with Crippen LogP contribution in [0.25, 0.3) is 6.08 Å². The molecule has 3 aromatic rings. The Bertz CT molecular complexity index is 1180. The lowest BCUT2D eigenvalue weighted by Gasteiger charge is -2.30. The first-order valence-electron chi connectivity index (χ1n) is 11.9. The third-order valence-electron chi connectivity index (χ3n) is 6.30. The largest absolute Gasteiger partial charge is 0.314 e. The van der Waals surface area contributed by atoms with E-state index >= 15 is 0 Å². The van der Waals surface area contributed by atoms with Crippen molar-refractivity contribution in [3.8, 4) is 0 Å². The van der Waals surface area contributed by atoms with Crippen molar-refractivity contribution in [3.63, 3.8) is 0 Å². The predicted octanol–water partition coefficient (Wildman–Crippen LogP) is 4.96. The first-order chi connectivity index (χ1) is 15.8. The van der Waals surface area contributed by atoms with Crippen LogP contribution in [0.15, 0.2) is 102 Å². The van der Waals surface area contributed by atoms with Crippen LogP contribution in [0.3, 0.4) is 0 Å². The maximum Gasteiger partial charge on any atom is 0.139 e. The van der Waals surface area contributed by atoms with E-state index in [-0.39, 0.29) is 5.41 Å². The summed E-state index contributed by atoms with van der Waals surface area (Å²) in [6.07, 6.45) is 11.1. The van der Waals surface area contributed by atoms with E-state index in [4.69, 9.17) is 0 Å². The summed E-state index contributed by atoms with van der Waals surface area (Å²) in [5.74, 6) is 0. The van der Waals surface area contributed by atoms with E-state index in [9.17, 15) is 0 Å². The second kappa shape index (κ2) is 9.75. The van der Waals surface area contributed by atoms with Gasteiger partial charge in [0.1, 0.15) is 15.7 Å². The summed E-state index contributed by atoms with van der Waals surface area (Å²) in [5, 5.41) is 0. The third-order valence-corrected chi connectivity index (χ3v) is 6.30. The van der Waals surface area contributed by atoms with Gasteiger partial charge < -0.3 is 4.90 Å². The van der Waals surface area contributed by atoms with Crippen LogP contribution in [0.4, 0.5) is 11.4 Å². The zero-order chi connectivity index (χ0) is 23.4. The van der Waals surface area contributed by atoms with E-state index < -0.39 is 0 Å². The molecule has 3 heteroatoms.